The van der Waals surface area contributed by atoms with Crippen LogP contribution in [0.1, 0.15) is 16.7 Å². The summed E-state index contributed by atoms with van der Waals surface area (Å²) in [5.41, 5.74) is 3.21. The molecule has 0 unspecified atom stereocenters. The average molecular weight is 419 g/mol. The lowest BCUT2D eigenvalue weighted by Crippen LogP contribution is -2.13. The van der Waals surface area contributed by atoms with Crippen LogP contribution in [-0.2, 0) is 29.1 Å². The van der Waals surface area contributed by atoms with Crippen LogP contribution in [0.3, 0.4) is 0 Å². The lowest BCUT2D eigenvalue weighted by atomic mass is 10.1. The van der Waals surface area contributed by atoms with Gasteiger partial charge in [-0.05, 0) is 28.8 Å². The molecule has 0 saturated heterocycles. The number of halogens is 1. The highest BCUT2D eigenvalue weighted by Crippen LogP contribution is 2.13. The molecule has 0 aliphatic heterocycles. The molecular weight excluding hydrogens is 396 g/mol. The molecule has 3 rings (SSSR count). The van der Waals surface area contributed by atoms with Gasteiger partial charge in [0.15, 0.2) is 5.76 Å². The first-order valence-corrected chi connectivity index (χ1v) is 9.94. The average Bonchev–Trinajstić information content (AvgIpc) is 2.78. The zero-order chi connectivity index (χ0) is 21.2. The van der Waals surface area contributed by atoms with Crippen molar-refractivity contribution in [2.45, 2.75) is 19.6 Å². The molecule has 5 heteroatoms. The first kappa shape index (κ1) is 21.3. The van der Waals surface area contributed by atoms with Crippen LogP contribution < -0.4 is 0 Å². The third-order valence-corrected chi connectivity index (χ3v) is 4.55. The summed E-state index contributed by atoms with van der Waals surface area (Å²) in [4.78, 5) is 0. The molecule has 2 N–H and O–H groups in total. The molecule has 0 amide bonds. The van der Waals surface area contributed by atoms with Gasteiger partial charge in [-0.2, -0.15) is 0 Å². The molecule has 0 aliphatic carbocycles. The lowest BCUT2D eigenvalue weighted by molar-refractivity contribution is 0.191. The topological polar surface area (TPSA) is 66.2 Å². The van der Waals surface area contributed by atoms with Gasteiger partial charge in [0.1, 0.15) is 13.2 Å². The molecule has 152 valence electrons. The van der Waals surface area contributed by atoms with Gasteiger partial charge in [-0.1, -0.05) is 84.4 Å². The molecule has 3 aromatic carbocycles. The molecule has 0 bridgehead atoms. The van der Waals surface area contributed by atoms with Crippen LogP contribution in [0.2, 0.25) is 5.02 Å². The maximum absolute atomic E-state index is 8.34. The second-order valence-corrected chi connectivity index (χ2v) is 7.15. The van der Waals surface area contributed by atoms with Gasteiger partial charge in [-0.15, -0.1) is 0 Å². The van der Waals surface area contributed by atoms with Crippen molar-refractivity contribution >= 4 is 23.2 Å². The van der Waals surface area contributed by atoms with E-state index < -0.39 is 0 Å². The van der Waals surface area contributed by atoms with E-state index in [9.17, 15) is 0 Å². The maximum atomic E-state index is 8.34. The van der Waals surface area contributed by atoms with E-state index in [1.165, 1.54) is 0 Å². The van der Waals surface area contributed by atoms with Crippen LogP contribution in [0.25, 0.3) is 0 Å². The highest BCUT2D eigenvalue weighted by molar-refractivity contribution is 6.30. The van der Waals surface area contributed by atoms with Crippen molar-refractivity contribution < 1.29 is 9.47 Å². The summed E-state index contributed by atoms with van der Waals surface area (Å²) in [5.74, 6) is 0.129. The summed E-state index contributed by atoms with van der Waals surface area (Å²) < 4.78 is 11.5. The van der Waals surface area contributed by atoms with Crippen molar-refractivity contribution in [1.29, 1.82) is 10.8 Å². The van der Waals surface area contributed by atoms with Gasteiger partial charge in [-0.25, -0.2) is 0 Å². The van der Waals surface area contributed by atoms with Gasteiger partial charge < -0.3 is 14.9 Å². The van der Waals surface area contributed by atoms with Gasteiger partial charge in [0.2, 0.25) is 5.90 Å². The molecule has 30 heavy (non-hydrogen) atoms. The highest BCUT2D eigenvalue weighted by Gasteiger charge is 2.11. The van der Waals surface area contributed by atoms with E-state index in [1.54, 1.807) is 18.2 Å². The molecule has 0 spiro atoms. The van der Waals surface area contributed by atoms with Crippen molar-refractivity contribution in [3.8, 4) is 0 Å². The van der Waals surface area contributed by atoms with E-state index in [-0.39, 0.29) is 24.9 Å². The van der Waals surface area contributed by atoms with Crippen LogP contribution >= 0.6 is 11.6 Å². The maximum Gasteiger partial charge on any atom is 0.249 e. The molecule has 0 aromatic heterocycles. The second kappa shape index (κ2) is 11.0. The number of rotatable bonds is 9. The Kier molecular flexibility index (Phi) is 7.81. The van der Waals surface area contributed by atoms with E-state index in [4.69, 9.17) is 31.9 Å². The Labute approximate surface area is 181 Å². The number of ether oxygens (including phenoxy) is 2. The van der Waals surface area contributed by atoms with Crippen LogP contribution in [-0.4, -0.2) is 11.6 Å². The number of allylic oxidation sites excluding steroid dienone is 1. The first-order valence-electron chi connectivity index (χ1n) is 9.56. The minimum absolute atomic E-state index is 0.101. The Morgan fingerprint density at radius 1 is 0.700 bits per heavy atom. The molecule has 0 aliphatic rings. The molecule has 0 heterocycles. The van der Waals surface area contributed by atoms with Crippen LogP contribution in [0.15, 0.2) is 96.8 Å². The zero-order valence-electron chi connectivity index (χ0n) is 16.5. The fourth-order valence-corrected chi connectivity index (χ4v) is 2.87. The van der Waals surface area contributed by atoms with Crippen LogP contribution in [0.5, 0.6) is 0 Å². The summed E-state index contributed by atoms with van der Waals surface area (Å²) in [7, 11) is 0. The molecule has 0 fully saturated rings. The number of benzene rings is 3. The monoisotopic (exact) mass is 418 g/mol. The molecular formula is C25H23ClN2O2. The van der Waals surface area contributed by atoms with Gasteiger partial charge in [0.05, 0.1) is 0 Å². The fraction of sp³-hybridized carbons (Fsp3) is 0.120. The minimum atomic E-state index is -0.101. The Bertz CT molecular complexity index is 1000. The number of hydrogen-bond donors (Lipinski definition) is 2. The van der Waals surface area contributed by atoms with E-state index in [0.29, 0.717) is 17.2 Å². The van der Waals surface area contributed by atoms with Crippen molar-refractivity contribution in [3.05, 3.63) is 118 Å². The van der Waals surface area contributed by atoms with E-state index >= 15 is 0 Å². The van der Waals surface area contributed by atoms with E-state index in [1.807, 2.05) is 72.8 Å². The standard InChI is InChI=1S/C25H23ClN2O2/c26-22-13-11-19(12-14-22)15-23(27)16-24(29-17-20-7-3-1-4-8-20)25(28)30-18-21-9-5-2-6-10-21/h1-14,16,27-28H,15,17-18H2/b24-16+,27-23?,28-25?. The van der Waals surface area contributed by atoms with Gasteiger partial charge in [0.25, 0.3) is 0 Å². The third kappa shape index (κ3) is 6.90. The Hall–Kier alpha value is -3.37. The van der Waals surface area contributed by atoms with Gasteiger partial charge in [0, 0.05) is 23.2 Å². The first-order chi connectivity index (χ1) is 14.6. The second-order valence-electron chi connectivity index (χ2n) is 6.71. The molecule has 3 aromatic rings. The van der Waals surface area contributed by atoms with Gasteiger partial charge >= 0.3 is 0 Å². The SMILES string of the molecule is N=C(/C=C(/OCc1ccccc1)C(=N)OCc1ccccc1)Cc1ccc(Cl)cc1. The summed E-state index contributed by atoms with van der Waals surface area (Å²) in [6.07, 6.45) is 1.95. The van der Waals surface area contributed by atoms with E-state index in [2.05, 4.69) is 0 Å². The van der Waals surface area contributed by atoms with Crippen molar-refractivity contribution in [1.82, 2.24) is 0 Å². The Morgan fingerprint density at radius 2 is 1.23 bits per heavy atom. The predicted molar refractivity (Wildman–Crippen MR) is 121 cm³/mol. The van der Waals surface area contributed by atoms with Crippen LogP contribution in [0.4, 0.5) is 0 Å². The largest absolute Gasteiger partial charge is 0.483 e. The molecule has 0 atom stereocenters. The van der Waals surface area contributed by atoms with Crippen molar-refractivity contribution in [2.24, 2.45) is 0 Å². The normalized spacial score (nSPS) is 11.0. The quantitative estimate of drug-likeness (QED) is 0.247. The Morgan fingerprint density at radius 3 is 1.80 bits per heavy atom. The van der Waals surface area contributed by atoms with Gasteiger partial charge in [-0.3, -0.25) is 5.41 Å². The summed E-state index contributed by atoms with van der Waals surface area (Å²) in [5, 5.41) is 17.3. The molecule has 0 radical (unpaired) electrons. The van der Waals surface area contributed by atoms with Crippen LogP contribution in [0, 0.1) is 10.8 Å². The van der Waals surface area contributed by atoms with Crippen molar-refractivity contribution in [3.63, 3.8) is 0 Å². The highest BCUT2D eigenvalue weighted by atomic mass is 35.5. The summed E-state index contributed by atoms with van der Waals surface area (Å²) >= 11 is 5.93. The zero-order valence-corrected chi connectivity index (χ0v) is 17.2. The lowest BCUT2D eigenvalue weighted by Gasteiger charge is -2.13. The smallest absolute Gasteiger partial charge is 0.249 e. The van der Waals surface area contributed by atoms with Crippen molar-refractivity contribution in [2.75, 3.05) is 0 Å². The third-order valence-electron chi connectivity index (χ3n) is 4.30. The molecule has 4 nitrogen and oxygen atoms in total. The van der Waals surface area contributed by atoms with E-state index in [0.717, 1.165) is 16.7 Å². The summed E-state index contributed by atoms with van der Waals surface area (Å²) in [6, 6.07) is 26.7. The minimum Gasteiger partial charge on any atom is -0.483 e. The fourth-order valence-electron chi connectivity index (χ4n) is 2.74. The number of nitrogens with one attached hydrogen (secondary N) is 2. The number of hydrogen-bond acceptors (Lipinski definition) is 4. The summed E-state index contributed by atoms with van der Waals surface area (Å²) in [6.45, 7) is 0.550. The Balaban J connectivity index is 1.69. The molecule has 0 saturated carbocycles. The predicted octanol–water partition coefficient (Wildman–Crippen LogP) is 6.20.